The van der Waals surface area contributed by atoms with E-state index in [4.69, 9.17) is 4.74 Å². The Morgan fingerprint density at radius 1 is 1.32 bits per heavy atom. The van der Waals surface area contributed by atoms with E-state index in [0.29, 0.717) is 6.54 Å². The van der Waals surface area contributed by atoms with Crippen LogP contribution in [-0.4, -0.2) is 49.7 Å². The maximum atomic E-state index is 12.6. The van der Waals surface area contributed by atoms with Crippen LogP contribution in [0.25, 0.3) is 0 Å². The first-order chi connectivity index (χ1) is 11.5. The molecule has 2 atom stereocenters. The lowest BCUT2D eigenvalue weighted by molar-refractivity contribution is 0.376. The van der Waals surface area contributed by atoms with E-state index in [0.717, 1.165) is 24.3 Å². The molecule has 0 amide bonds. The summed E-state index contributed by atoms with van der Waals surface area (Å²) in [4.78, 5) is 0. The topological polar surface area (TPSA) is 98.1 Å². The van der Waals surface area contributed by atoms with Gasteiger partial charge in [-0.05, 0) is 30.7 Å². The summed E-state index contributed by atoms with van der Waals surface area (Å²) < 4.78 is 34.4. The number of benzene rings is 1. The van der Waals surface area contributed by atoms with Gasteiger partial charge in [0.15, 0.2) is 5.03 Å². The first-order valence-corrected chi connectivity index (χ1v) is 9.21. The van der Waals surface area contributed by atoms with Crippen LogP contribution in [-0.2, 0) is 17.1 Å². The molecule has 1 aliphatic heterocycles. The van der Waals surface area contributed by atoms with Gasteiger partial charge in [-0.1, -0.05) is 17.3 Å². The third kappa shape index (κ3) is 4.30. The van der Waals surface area contributed by atoms with Crippen LogP contribution in [0.1, 0.15) is 17.9 Å². The second-order valence-electron chi connectivity index (χ2n) is 5.80. The summed E-state index contributed by atoms with van der Waals surface area (Å²) in [6.45, 7) is 1.42. The van der Waals surface area contributed by atoms with Gasteiger partial charge in [0.05, 0.1) is 13.3 Å². The summed E-state index contributed by atoms with van der Waals surface area (Å²) in [6, 6.07) is 7.53. The fourth-order valence-electron chi connectivity index (χ4n) is 3.02. The molecule has 0 radical (unpaired) electrons. The highest BCUT2D eigenvalue weighted by atomic mass is 35.5. The molecule has 2 aromatic rings. The second-order valence-corrected chi connectivity index (χ2v) is 7.46. The molecule has 1 aliphatic rings. The Bertz CT molecular complexity index is 794. The average molecular weight is 388 g/mol. The minimum atomic E-state index is -3.68. The zero-order valence-corrected chi connectivity index (χ0v) is 15.7. The van der Waals surface area contributed by atoms with Gasteiger partial charge in [-0.2, -0.15) is 0 Å². The molecule has 1 saturated heterocycles. The molecule has 2 unspecified atom stereocenters. The molecular formula is C15H22ClN5O3S. The van der Waals surface area contributed by atoms with Gasteiger partial charge in [0.2, 0.25) is 0 Å². The molecule has 2 N–H and O–H groups in total. The van der Waals surface area contributed by atoms with E-state index >= 15 is 0 Å². The Morgan fingerprint density at radius 3 is 2.64 bits per heavy atom. The number of hydrogen-bond donors (Lipinski definition) is 2. The Kier molecular flexibility index (Phi) is 6.39. The highest BCUT2D eigenvalue weighted by Gasteiger charge is 2.31. The van der Waals surface area contributed by atoms with Gasteiger partial charge < -0.3 is 10.1 Å². The molecule has 1 aromatic carbocycles. The van der Waals surface area contributed by atoms with Crippen molar-refractivity contribution in [3.63, 3.8) is 0 Å². The van der Waals surface area contributed by atoms with Crippen LogP contribution >= 0.6 is 12.4 Å². The summed E-state index contributed by atoms with van der Waals surface area (Å²) in [7, 11) is -0.497. The van der Waals surface area contributed by atoms with Crippen LogP contribution in [0.2, 0.25) is 0 Å². The minimum Gasteiger partial charge on any atom is -0.497 e. The Hall–Kier alpha value is -1.68. The van der Waals surface area contributed by atoms with E-state index < -0.39 is 10.0 Å². The largest absolute Gasteiger partial charge is 0.497 e. The van der Waals surface area contributed by atoms with Crippen molar-refractivity contribution in [2.24, 2.45) is 7.05 Å². The summed E-state index contributed by atoms with van der Waals surface area (Å²) in [5.41, 5.74) is 1.09. The molecule has 10 heteroatoms. The number of piperidine rings is 1. The van der Waals surface area contributed by atoms with E-state index in [2.05, 4.69) is 20.4 Å². The van der Waals surface area contributed by atoms with Crippen molar-refractivity contribution in [3.8, 4) is 5.75 Å². The van der Waals surface area contributed by atoms with Crippen LogP contribution in [0, 0.1) is 0 Å². The maximum absolute atomic E-state index is 12.6. The molecule has 1 fully saturated rings. The predicted octanol–water partition coefficient (Wildman–Crippen LogP) is 0.669. The van der Waals surface area contributed by atoms with Crippen molar-refractivity contribution >= 4 is 22.4 Å². The van der Waals surface area contributed by atoms with Crippen LogP contribution in [0.4, 0.5) is 0 Å². The van der Waals surface area contributed by atoms with Gasteiger partial charge in [0.25, 0.3) is 10.0 Å². The molecule has 25 heavy (non-hydrogen) atoms. The molecule has 2 heterocycles. The molecule has 3 rings (SSSR count). The number of halogens is 1. The highest BCUT2D eigenvalue weighted by molar-refractivity contribution is 7.89. The maximum Gasteiger partial charge on any atom is 0.259 e. The molecular weight excluding hydrogens is 366 g/mol. The SMILES string of the molecule is COc1ccc(C2CCNCC2NS(=O)(=O)c2cnnn2C)cc1.Cl. The predicted molar refractivity (Wildman–Crippen MR) is 95.6 cm³/mol. The van der Waals surface area contributed by atoms with Gasteiger partial charge in [0, 0.05) is 25.6 Å². The zero-order chi connectivity index (χ0) is 17.2. The van der Waals surface area contributed by atoms with E-state index in [-0.39, 0.29) is 29.4 Å². The first kappa shape index (κ1) is 19.6. The number of aromatic nitrogens is 3. The van der Waals surface area contributed by atoms with Crippen LogP contribution in [0.15, 0.2) is 35.5 Å². The lowest BCUT2D eigenvalue weighted by Gasteiger charge is -2.32. The zero-order valence-electron chi connectivity index (χ0n) is 14.0. The summed E-state index contributed by atoms with van der Waals surface area (Å²) in [6.07, 6.45) is 2.10. The number of aryl methyl sites for hydroxylation is 1. The van der Waals surface area contributed by atoms with Gasteiger partial charge >= 0.3 is 0 Å². The van der Waals surface area contributed by atoms with Crippen molar-refractivity contribution in [3.05, 3.63) is 36.0 Å². The summed E-state index contributed by atoms with van der Waals surface area (Å²) in [5.74, 6) is 0.874. The number of nitrogens with zero attached hydrogens (tertiary/aromatic N) is 3. The van der Waals surface area contributed by atoms with E-state index in [1.165, 1.54) is 10.9 Å². The van der Waals surface area contributed by atoms with Crippen molar-refractivity contribution in [2.45, 2.75) is 23.4 Å². The third-order valence-electron chi connectivity index (χ3n) is 4.28. The average Bonchev–Trinajstić information content (AvgIpc) is 3.02. The number of nitrogens with one attached hydrogen (secondary N) is 2. The lowest BCUT2D eigenvalue weighted by atomic mass is 9.86. The second kappa shape index (κ2) is 8.13. The van der Waals surface area contributed by atoms with Gasteiger partial charge in [0.1, 0.15) is 5.75 Å². The molecule has 138 valence electrons. The van der Waals surface area contributed by atoms with E-state index in [1.54, 1.807) is 14.2 Å². The Balaban J connectivity index is 0.00000225. The number of methoxy groups -OCH3 is 1. The van der Waals surface area contributed by atoms with Crippen molar-refractivity contribution in [2.75, 3.05) is 20.2 Å². The molecule has 1 aromatic heterocycles. The standard InChI is InChI=1S/C15H21N5O3S.ClH/c1-20-15(10-17-19-20)24(21,22)18-14-9-16-8-7-13(14)11-3-5-12(23-2)6-4-11;/h3-6,10,13-14,16,18H,7-9H2,1-2H3;1H. The van der Waals surface area contributed by atoms with Crippen LogP contribution < -0.4 is 14.8 Å². The monoisotopic (exact) mass is 387 g/mol. The summed E-state index contributed by atoms with van der Waals surface area (Å²) >= 11 is 0. The molecule has 8 nitrogen and oxygen atoms in total. The fraction of sp³-hybridized carbons (Fsp3) is 0.467. The van der Waals surface area contributed by atoms with Gasteiger partial charge in [-0.25, -0.2) is 17.8 Å². The van der Waals surface area contributed by atoms with E-state index in [9.17, 15) is 8.42 Å². The number of rotatable bonds is 5. The normalized spacial score (nSPS) is 20.7. The number of hydrogen-bond acceptors (Lipinski definition) is 6. The van der Waals surface area contributed by atoms with Gasteiger partial charge in [-0.3, -0.25) is 0 Å². The van der Waals surface area contributed by atoms with Crippen LogP contribution in [0.3, 0.4) is 0 Å². The highest BCUT2D eigenvalue weighted by Crippen LogP contribution is 2.28. The minimum absolute atomic E-state index is 0. The molecule has 0 aliphatic carbocycles. The molecule has 0 spiro atoms. The molecule has 0 bridgehead atoms. The number of sulfonamides is 1. The van der Waals surface area contributed by atoms with Crippen molar-refractivity contribution < 1.29 is 13.2 Å². The Labute approximate surface area is 153 Å². The first-order valence-electron chi connectivity index (χ1n) is 7.73. The van der Waals surface area contributed by atoms with Gasteiger partial charge in [-0.15, -0.1) is 17.5 Å². The quantitative estimate of drug-likeness (QED) is 0.782. The van der Waals surface area contributed by atoms with E-state index in [1.807, 2.05) is 24.3 Å². The fourth-order valence-corrected chi connectivity index (χ4v) is 4.35. The number of ether oxygens (including phenoxy) is 1. The Morgan fingerprint density at radius 2 is 2.04 bits per heavy atom. The molecule has 0 saturated carbocycles. The van der Waals surface area contributed by atoms with Crippen molar-refractivity contribution in [1.29, 1.82) is 0 Å². The lowest BCUT2D eigenvalue weighted by Crippen LogP contribution is -2.50. The summed E-state index contributed by atoms with van der Waals surface area (Å²) in [5, 5.41) is 10.6. The van der Waals surface area contributed by atoms with Crippen LogP contribution in [0.5, 0.6) is 5.75 Å². The smallest absolute Gasteiger partial charge is 0.259 e. The third-order valence-corrected chi connectivity index (χ3v) is 5.81. The van der Waals surface area contributed by atoms with Crippen molar-refractivity contribution in [1.82, 2.24) is 25.0 Å².